The van der Waals surface area contributed by atoms with Gasteiger partial charge in [-0.15, -0.1) is 0 Å². The molecule has 0 spiro atoms. The molecule has 1 saturated heterocycles. The van der Waals surface area contributed by atoms with Gasteiger partial charge in [-0.3, -0.25) is 9.69 Å². The van der Waals surface area contributed by atoms with Crippen molar-refractivity contribution < 1.29 is 0 Å². The molecule has 3 atom stereocenters. The summed E-state index contributed by atoms with van der Waals surface area (Å²) in [5, 5.41) is 13.6. The zero-order chi connectivity index (χ0) is 24.7. The van der Waals surface area contributed by atoms with Crippen LogP contribution in [-0.2, 0) is 7.05 Å². The Labute approximate surface area is 203 Å². The first-order valence-corrected chi connectivity index (χ1v) is 11.8. The maximum Gasteiger partial charge on any atom is 0.252 e. The van der Waals surface area contributed by atoms with Crippen LogP contribution in [0, 0.1) is 11.3 Å². The molecule has 1 aliphatic rings. The molecule has 5 rings (SSSR count). The molecule has 4 heterocycles. The fourth-order valence-corrected chi connectivity index (χ4v) is 5.06. The lowest BCUT2D eigenvalue weighted by molar-refractivity contribution is 0.119. The van der Waals surface area contributed by atoms with Crippen molar-refractivity contribution in [2.24, 2.45) is 7.05 Å². The number of nitriles is 1. The molecule has 0 bridgehead atoms. The van der Waals surface area contributed by atoms with Gasteiger partial charge in [-0.25, -0.2) is 14.6 Å². The second-order valence-electron chi connectivity index (χ2n) is 9.26. The van der Waals surface area contributed by atoms with Crippen LogP contribution in [0.15, 0.2) is 59.9 Å². The standard InChI is InChI=1S/C26H28N8O/c1-17-14-33(24-11-25(35)31(4)23-10-7-21(12-27)30-26(23)24)18(2)13-32(17)19(3)20-5-8-22(9-6-20)34-16-28-15-29-34/h5-11,15-19H,13-14H2,1-4H3/t17?,18-,19?/m0/s1. The Morgan fingerprint density at radius 2 is 1.86 bits per heavy atom. The van der Waals surface area contributed by atoms with E-state index < -0.39 is 0 Å². The van der Waals surface area contributed by atoms with E-state index in [9.17, 15) is 10.1 Å². The summed E-state index contributed by atoms with van der Waals surface area (Å²) in [5.74, 6) is 0. The third kappa shape index (κ3) is 4.06. The summed E-state index contributed by atoms with van der Waals surface area (Å²) in [7, 11) is 1.74. The van der Waals surface area contributed by atoms with E-state index in [1.807, 2.05) is 0 Å². The Morgan fingerprint density at radius 3 is 2.54 bits per heavy atom. The Bertz CT molecular complexity index is 1450. The maximum absolute atomic E-state index is 12.7. The molecule has 1 fully saturated rings. The predicted octanol–water partition coefficient (Wildman–Crippen LogP) is 3.05. The molecule has 0 aliphatic carbocycles. The third-order valence-corrected chi connectivity index (χ3v) is 7.08. The first kappa shape index (κ1) is 22.7. The van der Waals surface area contributed by atoms with Crippen LogP contribution in [0.3, 0.4) is 0 Å². The van der Waals surface area contributed by atoms with Gasteiger partial charge in [0.15, 0.2) is 0 Å². The Hall–Kier alpha value is -4.03. The number of pyridine rings is 2. The second kappa shape index (κ2) is 8.96. The molecule has 35 heavy (non-hydrogen) atoms. The van der Waals surface area contributed by atoms with Crippen molar-refractivity contribution in [2.45, 2.75) is 38.9 Å². The molecule has 0 amide bonds. The average molecular weight is 469 g/mol. The molecule has 3 aromatic heterocycles. The van der Waals surface area contributed by atoms with E-state index in [4.69, 9.17) is 0 Å². The van der Waals surface area contributed by atoms with E-state index in [-0.39, 0.29) is 23.7 Å². The Kier molecular flexibility index (Phi) is 5.83. The first-order chi connectivity index (χ1) is 16.9. The van der Waals surface area contributed by atoms with Crippen LogP contribution >= 0.6 is 0 Å². The van der Waals surface area contributed by atoms with Gasteiger partial charge in [0.2, 0.25) is 0 Å². The highest BCUT2D eigenvalue weighted by atomic mass is 16.1. The summed E-state index contributed by atoms with van der Waals surface area (Å²) in [6.07, 6.45) is 3.22. The lowest BCUT2D eigenvalue weighted by atomic mass is 10.00. The number of benzene rings is 1. The summed E-state index contributed by atoms with van der Waals surface area (Å²) in [5.41, 5.74) is 4.70. The van der Waals surface area contributed by atoms with Gasteiger partial charge < -0.3 is 9.47 Å². The SMILES string of the molecule is CC1CN(c2cc(=O)n(C)c3ccc(C#N)nc23)[C@@H](C)CN1C(C)c1ccc(-n2cncn2)cc1. The van der Waals surface area contributed by atoms with Crippen LogP contribution in [0.4, 0.5) is 5.69 Å². The summed E-state index contributed by atoms with van der Waals surface area (Å²) in [6, 6.07) is 16.3. The highest BCUT2D eigenvalue weighted by molar-refractivity contribution is 5.89. The molecule has 9 heteroatoms. The molecular formula is C26H28N8O. The van der Waals surface area contributed by atoms with Gasteiger partial charge in [0.1, 0.15) is 29.9 Å². The molecule has 1 aromatic carbocycles. The number of rotatable bonds is 4. The van der Waals surface area contributed by atoms with Gasteiger partial charge in [-0.1, -0.05) is 12.1 Å². The largest absolute Gasteiger partial charge is 0.364 e. The van der Waals surface area contributed by atoms with Gasteiger partial charge in [0.05, 0.1) is 16.9 Å². The summed E-state index contributed by atoms with van der Waals surface area (Å²) >= 11 is 0. The van der Waals surface area contributed by atoms with E-state index >= 15 is 0 Å². The number of fused-ring (bicyclic) bond motifs is 1. The van der Waals surface area contributed by atoms with Crippen LogP contribution in [0.25, 0.3) is 16.7 Å². The number of aryl methyl sites for hydroxylation is 1. The first-order valence-electron chi connectivity index (χ1n) is 11.8. The minimum Gasteiger partial charge on any atom is -0.364 e. The van der Waals surface area contributed by atoms with E-state index in [1.54, 1.807) is 40.8 Å². The molecule has 2 unspecified atom stereocenters. The highest BCUT2D eigenvalue weighted by Crippen LogP contribution is 2.32. The molecule has 4 aromatic rings. The van der Waals surface area contributed by atoms with Crippen molar-refractivity contribution in [2.75, 3.05) is 18.0 Å². The zero-order valence-corrected chi connectivity index (χ0v) is 20.3. The van der Waals surface area contributed by atoms with Crippen LogP contribution in [0.2, 0.25) is 0 Å². The van der Waals surface area contributed by atoms with Crippen molar-refractivity contribution in [3.05, 3.63) is 76.7 Å². The fourth-order valence-electron chi connectivity index (χ4n) is 5.06. The molecule has 0 saturated carbocycles. The zero-order valence-electron chi connectivity index (χ0n) is 20.3. The fraction of sp³-hybridized carbons (Fsp3) is 0.346. The van der Waals surface area contributed by atoms with E-state index in [1.165, 1.54) is 11.9 Å². The molecule has 178 valence electrons. The summed E-state index contributed by atoms with van der Waals surface area (Å²) < 4.78 is 3.33. The minimum absolute atomic E-state index is 0.0814. The smallest absolute Gasteiger partial charge is 0.252 e. The lowest BCUT2D eigenvalue weighted by Crippen LogP contribution is -2.57. The number of hydrogen-bond donors (Lipinski definition) is 0. The number of aromatic nitrogens is 5. The molecule has 0 radical (unpaired) electrons. The number of anilines is 1. The van der Waals surface area contributed by atoms with Crippen LogP contribution in [-0.4, -0.2) is 54.4 Å². The van der Waals surface area contributed by atoms with Gasteiger partial charge >= 0.3 is 0 Å². The Morgan fingerprint density at radius 1 is 1.09 bits per heavy atom. The van der Waals surface area contributed by atoms with Gasteiger partial charge in [0.25, 0.3) is 5.56 Å². The molecule has 0 N–H and O–H groups in total. The van der Waals surface area contributed by atoms with Crippen LogP contribution in [0.5, 0.6) is 0 Å². The lowest BCUT2D eigenvalue weighted by Gasteiger charge is -2.47. The molecule has 1 aliphatic heterocycles. The number of nitrogens with zero attached hydrogens (tertiary/aromatic N) is 8. The number of hydrogen-bond acceptors (Lipinski definition) is 7. The van der Waals surface area contributed by atoms with E-state index in [2.05, 4.69) is 76.0 Å². The monoisotopic (exact) mass is 468 g/mol. The van der Waals surface area contributed by atoms with Gasteiger partial charge in [-0.05, 0) is 50.6 Å². The normalized spacial score (nSPS) is 19.6. The average Bonchev–Trinajstić information content (AvgIpc) is 3.42. The van der Waals surface area contributed by atoms with Crippen molar-refractivity contribution in [1.82, 2.24) is 29.2 Å². The second-order valence-corrected chi connectivity index (χ2v) is 9.26. The number of piperazine rings is 1. The quantitative estimate of drug-likeness (QED) is 0.454. The predicted molar refractivity (Wildman–Crippen MR) is 134 cm³/mol. The highest BCUT2D eigenvalue weighted by Gasteiger charge is 2.33. The third-order valence-electron chi connectivity index (χ3n) is 7.08. The van der Waals surface area contributed by atoms with Crippen molar-refractivity contribution in [1.29, 1.82) is 5.26 Å². The van der Waals surface area contributed by atoms with Gasteiger partial charge in [0, 0.05) is 44.3 Å². The molecule has 9 nitrogen and oxygen atoms in total. The van der Waals surface area contributed by atoms with Crippen LogP contribution in [0.1, 0.15) is 38.1 Å². The minimum atomic E-state index is -0.0814. The van der Waals surface area contributed by atoms with Crippen molar-refractivity contribution in [3.63, 3.8) is 0 Å². The summed E-state index contributed by atoms with van der Waals surface area (Å²) in [4.78, 5) is 26.1. The van der Waals surface area contributed by atoms with E-state index in [0.29, 0.717) is 11.2 Å². The van der Waals surface area contributed by atoms with E-state index in [0.717, 1.165) is 30.0 Å². The Balaban J connectivity index is 1.42. The summed E-state index contributed by atoms with van der Waals surface area (Å²) in [6.45, 7) is 8.22. The molecular weight excluding hydrogens is 440 g/mol. The topological polar surface area (TPSA) is 95.9 Å². The van der Waals surface area contributed by atoms with Crippen LogP contribution < -0.4 is 10.5 Å². The maximum atomic E-state index is 12.7. The van der Waals surface area contributed by atoms with Crippen molar-refractivity contribution >= 4 is 16.7 Å². The van der Waals surface area contributed by atoms with Crippen molar-refractivity contribution in [3.8, 4) is 11.8 Å². The van der Waals surface area contributed by atoms with Gasteiger partial charge in [-0.2, -0.15) is 10.4 Å².